The van der Waals surface area contributed by atoms with Gasteiger partial charge in [0.1, 0.15) is 17.3 Å². The average Bonchev–Trinajstić information content (AvgIpc) is 2.67. The van der Waals surface area contributed by atoms with E-state index in [0.29, 0.717) is 35.3 Å². The first kappa shape index (κ1) is 20.2. The number of methoxy groups -OCH3 is 1. The second-order valence-electron chi connectivity index (χ2n) is 5.92. The molecule has 0 fully saturated rings. The molecule has 3 rings (SSSR count). The minimum absolute atomic E-state index is 0.319. The molecule has 3 aromatic rings. The minimum Gasteiger partial charge on any atom is -0.497 e. The molecule has 152 valence electrons. The van der Waals surface area contributed by atoms with E-state index in [1.807, 2.05) is 25.1 Å². The van der Waals surface area contributed by atoms with Gasteiger partial charge in [0.15, 0.2) is 0 Å². The molecule has 0 saturated carbocycles. The Bertz CT molecular complexity index is 980. The zero-order valence-corrected chi connectivity index (χ0v) is 15.7. The number of halogens is 3. The Kier molecular flexibility index (Phi) is 6.06. The second kappa shape index (κ2) is 8.68. The number of hydrogen-bond acceptors (Lipinski definition) is 6. The van der Waals surface area contributed by atoms with E-state index in [1.54, 1.807) is 25.3 Å². The van der Waals surface area contributed by atoms with E-state index in [1.165, 1.54) is 18.2 Å². The zero-order chi connectivity index (χ0) is 20.9. The largest absolute Gasteiger partial charge is 0.573 e. The van der Waals surface area contributed by atoms with Crippen molar-refractivity contribution in [2.24, 2.45) is 0 Å². The molecule has 0 unspecified atom stereocenters. The van der Waals surface area contributed by atoms with Gasteiger partial charge in [-0.05, 0) is 31.2 Å². The molecule has 2 N–H and O–H groups in total. The molecule has 0 spiro atoms. The molecular formula is C20H19F3N4O2. The van der Waals surface area contributed by atoms with Gasteiger partial charge in [-0.3, -0.25) is 0 Å². The Labute approximate surface area is 165 Å². The smallest absolute Gasteiger partial charge is 0.497 e. The molecule has 1 heterocycles. The quantitative estimate of drug-likeness (QED) is 0.562. The van der Waals surface area contributed by atoms with Crippen molar-refractivity contribution in [1.29, 1.82) is 0 Å². The monoisotopic (exact) mass is 404 g/mol. The molecule has 9 heteroatoms. The summed E-state index contributed by atoms with van der Waals surface area (Å²) in [6.45, 7) is 2.47. The molecule has 0 atom stereocenters. The van der Waals surface area contributed by atoms with Crippen LogP contribution in [0.2, 0.25) is 0 Å². The summed E-state index contributed by atoms with van der Waals surface area (Å²) in [5, 5.41) is 6.18. The molecule has 0 aliphatic heterocycles. The van der Waals surface area contributed by atoms with Crippen molar-refractivity contribution < 1.29 is 22.6 Å². The lowest BCUT2D eigenvalue weighted by atomic mass is 10.1. The van der Waals surface area contributed by atoms with Gasteiger partial charge < -0.3 is 20.1 Å². The Morgan fingerprint density at radius 3 is 2.45 bits per heavy atom. The highest BCUT2D eigenvalue weighted by Gasteiger charge is 2.31. The van der Waals surface area contributed by atoms with Crippen LogP contribution in [-0.2, 0) is 0 Å². The Balaban J connectivity index is 1.95. The van der Waals surface area contributed by atoms with Crippen LogP contribution in [0.15, 0.2) is 54.6 Å². The first-order chi connectivity index (χ1) is 13.9. The normalized spacial score (nSPS) is 11.1. The number of nitrogens with zero attached hydrogens (tertiary/aromatic N) is 2. The number of anilines is 3. The van der Waals surface area contributed by atoms with Crippen LogP contribution in [0.1, 0.15) is 6.92 Å². The highest BCUT2D eigenvalue weighted by molar-refractivity contribution is 5.68. The second-order valence-corrected chi connectivity index (χ2v) is 5.92. The first-order valence-electron chi connectivity index (χ1n) is 8.76. The lowest BCUT2D eigenvalue weighted by molar-refractivity contribution is -0.274. The highest BCUT2D eigenvalue weighted by Crippen LogP contribution is 2.29. The lowest BCUT2D eigenvalue weighted by Crippen LogP contribution is -2.17. The summed E-state index contributed by atoms with van der Waals surface area (Å²) in [5.74, 6) is 1.17. The summed E-state index contributed by atoms with van der Waals surface area (Å²) < 4.78 is 46.8. The maximum absolute atomic E-state index is 12.5. The topological polar surface area (TPSA) is 68.3 Å². The van der Waals surface area contributed by atoms with Gasteiger partial charge in [-0.1, -0.05) is 18.2 Å². The molecule has 0 radical (unpaired) electrons. The molecular weight excluding hydrogens is 385 g/mol. The van der Waals surface area contributed by atoms with Gasteiger partial charge in [0.2, 0.25) is 5.95 Å². The van der Waals surface area contributed by atoms with Crippen molar-refractivity contribution in [3.8, 4) is 22.8 Å². The maximum atomic E-state index is 12.5. The molecule has 1 aromatic heterocycles. The van der Waals surface area contributed by atoms with Crippen LogP contribution in [0.25, 0.3) is 11.3 Å². The lowest BCUT2D eigenvalue weighted by Gasteiger charge is -2.13. The standard InChI is InChI=1S/C20H19F3N4O2/c1-3-24-19-26-17(13-6-4-9-16(10-13)29-20(21,22)23)12-18(27-19)25-14-7-5-8-15(11-14)28-2/h4-12H,3H2,1-2H3,(H2,24,25,26,27). The van der Waals surface area contributed by atoms with E-state index in [9.17, 15) is 13.2 Å². The minimum atomic E-state index is -4.77. The van der Waals surface area contributed by atoms with Crippen LogP contribution < -0.4 is 20.1 Å². The van der Waals surface area contributed by atoms with Gasteiger partial charge in [0.05, 0.1) is 12.8 Å². The third-order valence-electron chi connectivity index (χ3n) is 3.77. The fourth-order valence-corrected chi connectivity index (χ4v) is 2.60. The number of aromatic nitrogens is 2. The zero-order valence-electron chi connectivity index (χ0n) is 15.7. The van der Waals surface area contributed by atoms with Crippen LogP contribution in [0, 0.1) is 0 Å². The van der Waals surface area contributed by atoms with Crippen molar-refractivity contribution in [2.45, 2.75) is 13.3 Å². The summed E-state index contributed by atoms with van der Waals surface area (Å²) in [6.07, 6.45) is -4.77. The average molecular weight is 404 g/mol. The number of alkyl halides is 3. The fourth-order valence-electron chi connectivity index (χ4n) is 2.60. The molecule has 2 aromatic carbocycles. The summed E-state index contributed by atoms with van der Waals surface area (Å²) in [6, 6.07) is 14.6. The Morgan fingerprint density at radius 1 is 0.966 bits per heavy atom. The number of hydrogen-bond donors (Lipinski definition) is 2. The predicted octanol–water partition coefficient (Wildman–Crippen LogP) is 5.23. The van der Waals surface area contributed by atoms with Crippen LogP contribution in [0.3, 0.4) is 0 Å². The fraction of sp³-hybridized carbons (Fsp3) is 0.200. The predicted molar refractivity (Wildman–Crippen MR) is 105 cm³/mol. The Morgan fingerprint density at radius 2 is 1.72 bits per heavy atom. The van der Waals surface area contributed by atoms with Crippen LogP contribution >= 0.6 is 0 Å². The molecule has 6 nitrogen and oxygen atoms in total. The summed E-state index contributed by atoms with van der Waals surface area (Å²) in [5.41, 5.74) is 1.64. The maximum Gasteiger partial charge on any atom is 0.573 e. The van der Waals surface area contributed by atoms with Gasteiger partial charge in [-0.2, -0.15) is 4.98 Å². The van der Waals surface area contributed by atoms with E-state index in [4.69, 9.17) is 4.74 Å². The van der Waals surface area contributed by atoms with Gasteiger partial charge in [-0.25, -0.2) is 4.98 Å². The van der Waals surface area contributed by atoms with Gasteiger partial charge in [0, 0.05) is 29.9 Å². The van der Waals surface area contributed by atoms with Gasteiger partial charge in [0.25, 0.3) is 0 Å². The molecule has 0 saturated heterocycles. The van der Waals surface area contributed by atoms with E-state index in [2.05, 4.69) is 25.3 Å². The van der Waals surface area contributed by atoms with E-state index >= 15 is 0 Å². The van der Waals surface area contributed by atoms with Crippen molar-refractivity contribution in [1.82, 2.24) is 9.97 Å². The number of ether oxygens (including phenoxy) is 2. The van der Waals surface area contributed by atoms with Crippen molar-refractivity contribution in [3.05, 3.63) is 54.6 Å². The summed E-state index contributed by atoms with van der Waals surface area (Å²) in [4.78, 5) is 8.78. The van der Waals surface area contributed by atoms with Crippen molar-refractivity contribution in [3.63, 3.8) is 0 Å². The molecule has 0 aliphatic carbocycles. The Hall–Kier alpha value is -3.49. The van der Waals surface area contributed by atoms with Gasteiger partial charge in [-0.15, -0.1) is 13.2 Å². The third-order valence-corrected chi connectivity index (χ3v) is 3.77. The number of nitrogens with one attached hydrogen (secondary N) is 2. The number of rotatable bonds is 7. The van der Waals surface area contributed by atoms with Crippen molar-refractivity contribution in [2.75, 3.05) is 24.3 Å². The summed E-state index contributed by atoms with van der Waals surface area (Å²) >= 11 is 0. The van der Waals surface area contributed by atoms with Crippen LogP contribution in [0.4, 0.5) is 30.6 Å². The van der Waals surface area contributed by atoms with Crippen molar-refractivity contribution >= 4 is 17.5 Å². The summed E-state index contributed by atoms with van der Waals surface area (Å²) in [7, 11) is 1.57. The van der Waals surface area contributed by atoms with E-state index in [-0.39, 0.29) is 5.75 Å². The van der Waals surface area contributed by atoms with E-state index < -0.39 is 6.36 Å². The molecule has 0 aliphatic rings. The van der Waals surface area contributed by atoms with Gasteiger partial charge >= 0.3 is 6.36 Å². The third kappa shape index (κ3) is 5.74. The molecule has 0 bridgehead atoms. The highest BCUT2D eigenvalue weighted by atomic mass is 19.4. The SMILES string of the molecule is CCNc1nc(Nc2cccc(OC)c2)cc(-c2cccc(OC(F)(F)F)c2)n1. The van der Waals surface area contributed by atoms with Crippen LogP contribution in [0.5, 0.6) is 11.5 Å². The molecule has 0 amide bonds. The number of benzene rings is 2. The van der Waals surface area contributed by atoms with Crippen LogP contribution in [-0.4, -0.2) is 30.0 Å². The van der Waals surface area contributed by atoms with E-state index in [0.717, 1.165) is 5.69 Å². The molecule has 29 heavy (non-hydrogen) atoms. The first-order valence-corrected chi connectivity index (χ1v) is 8.76.